The summed E-state index contributed by atoms with van der Waals surface area (Å²) in [6.07, 6.45) is 2.88. The second-order valence-electron chi connectivity index (χ2n) is 7.06. The third kappa shape index (κ3) is 4.20. The molecule has 0 bridgehead atoms. The predicted octanol–water partition coefficient (Wildman–Crippen LogP) is 4.44. The molecule has 0 saturated carbocycles. The molecule has 3 aromatic rings. The van der Waals surface area contributed by atoms with Crippen LogP contribution in [-0.4, -0.2) is 42.4 Å². The molecule has 2 aromatic carbocycles. The number of methoxy groups -OCH3 is 1. The molecule has 1 aliphatic rings. The molecule has 0 spiro atoms. The number of carbonyl (C=O) groups is 1. The van der Waals surface area contributed by atoms with Crippen LogP contribution in [0.15, 0.2) is 48.5 Å². The van der Waals surface area contributed by atoms with E-state index in [-0.39, 0.29) is 11.7 Å². The molecule has 140 valence electrons. The van der Waals surface area contributed by atoms with Crippen molar-refractivity contribution in [3.05, 3.63) is 59.1 Å². The first-order chi connectivity index (χ1) is 13.2. The Bertz CT molecular complexity index is 878. The smallest absolute Gasteiger partial charge is 0.194 e. The molecule has 0 atom stereocenters. The first kappa shape index (κ1) is 18.1. The first-order valence-electron chi connectivity index (χ1n) is 9.48. The van der Waals surface area contributed by atoms with Crippen molar-refractivity contribution in [1.82, 2.24) is 9.88 Å². The molecule has 27 heavy (non-hydrogen) atoms. The summed E-state index contributed by atoms with van der Waals surface area (Å²) in [4.78, 5) is 19.8. The monoisotopic (exact) mass is 380 g/mol. The van der Waals surface area contributed by atoms with Gasteiger partial charge in [-0.1, -0.05) is 24.3 Å². The van der Waals surface area contributed by atoms with Gasteiger partial charge < -0.3 is 9.64 Å². The van der Waals surface area contributed by atoms with Gasteiger partial charge in [-0.25, -0.2) is 4.98 Å². The maximum atomic E-state index is 12.8. The molecule has 0 radical (unpaired) electrons. The summed E-state index contributed by atoms with van der Waals surface area (Å²) in [5.74, 6) is 1.24. The Balaban J connectivity index is 1.29. The number of Topliss-reactive ketones (excluding diaryl/α,β-unsaturated/α-hetero) is 1. The van der Waals surface area contributed by atoms with Crippen molar-refractivity contribution in [3.63, 3.8) is 0 Å². The molecule has 0 amide bonds. The molecule has 4 nitrogen and oxygen atoms in total. The van der Waals surface area contributed by atoms with Crippen molar-refractivity contribution < 1.29 is 9.53 Å². The minimum atomic E-state index is 0.114. The van der Waals surface area contributed by atoms with Crippen LogP contribution in [0.5, 0.6) is 5.75 Å². The van der Waals surface area contributed by atoms with Gasteiger partial charge in [0, 0.05) is 12.5 Å². The Morgan fingerprint density at radius 1 is 1.15 bits per heavy atom. The number of thiazole rings is 1. The highest BCUT2D eigenvalue weighted by molar-refractivity contribution is 7.20. The van der Waals surface area contributed by atoms with Gasteiger partial charge in [0.1, 0.15) is 5.75 Å². The molecule has 4 rings (SSSR count). The average molecular weight is 381 g/mol. The van der Waals surface area contributed by atoms with Crippen LogP contribution in [-0.2, 0) is 6.42 Å². The maximum Gasteiger partial charge on any atom is 0.194 e. The Labute approximate surface area is 163 Å². The van der Waals surface area contributed by atoms with Crippen molar-refractivity contribution in [1.29, 1.82) is 0 Å². The van der Waals surface area contributed by atoms with Crippen molar-refractivity contribution in [2.45, 2.75) is 19.3 Å². The number of hydrogen-bond donors (Lipinski definition) is 0. The van der Waals surface area contributed by atoms with Crippen molar-refractivity contribution >= 4 is 27.3 Å². The Kier molecular flexibility index (Phi) is 5.50. The van der Waals surface area contributed by atoms with E-state index in [2.05, 4.69) is 22.0 Å². The molecular formula is C22H24N2O2S. The second-order valence-corrected chi connectivity index (χ2v) is 8.10. The molecule has 0 unspecified atom stereocenters. The molecule has 1 fully saturated rings. The highest BCUT2D eigenvalue weighted by Crippen LogP contribution is 2.27. The zero-order valence-corrected chi connectivity index (χ0v) is 16.4. The van der Waals surface area contributed by atoms with Crippen LogP contribution in [0.2, 0.25) is 0 Å². The average Bonchev–Trinajstić information content (AvgIpc) is 3.17. The molecular weight excluding hydrogens is 356 g/mol. The van der Waals surface area contributed by atoms with Gasteiger partial charge in [0.25, 0.3) is 0 Å². The van der Waals surface area contributed by atoms with Gasteiger partial charge >= 0.3 is 0 Å². The molecule has 1 aliphatic heterocycles. The predicted molar refractivity (Wildman–Crippen MR) is 110 cm³/mol. The lowest BCUT2D eigenvalue weighted by atomic mass is 9.92. The van der Waals surface area contributed by atoms with Gasteiger partial charge in [-0.05, 0) is 62.2 Å². The standard InChI is InChI=1S/C22H24N2O2S/c1-26-18-8-6-16(7-9-18)10-13-24-14-11-17(12-15-24)21(25)22-23-19-4-2-3-5-20(19)27-22/h2-9,17H,10-15H2,1H3. The third-order valence-corrected chi connectivity index (χ3v) is 6.39. The highest BCUT2D eigenvalue weighted by Gasteiger charge is 2.27. The largest absolute Gasteiger partial charge is 0.497 e. The lowest BCUT2D eigenvalue weighted by Crippen LogP contribution is -2.37. The van der Waals surface area contributed by atoms with E-state index in [4.69, 9.17) is 4.74 Å². The number of aromatic nitrogens is 1. The highest BCUT2D eigenvalue weighted by atomic mass is 32.1. The number of para-hydroxylation sites is 1. The number of hydrogen-bond acceptors (Lipinski definition) is 5. The van der Waals surface area contributed by atoms with E-state index in [9.17, 15) is 4.79 Å². The van der Waals surface area contributed by atoms with Crippen LogP contribution in [0, 0.1) is 5.92 Å². The van der Waals surface area contributed by atoms with Crippen molar-refractivity contribution in [2.75, 3.05) is 26.7 Å². The fourth-order valence-electron chi connectivity index (χ4n) is 3.65. The van der Waals surface area contributed by atoms with Crippen LogP contribution >= 0.6 is 11.3 Å². The Morgan fingerprint density at radius 2 is 1.89 bits per heavy atom. The Morgan fingerprint density at radius 3 is 2.59 bits per heavy atom. The number of carbonyl (C=O) groups excluding carboxylic acids is 1. The third-order valence-electron chi connectivity index (χ3n) is 5.34. The minimum absolute atomic E-state index is 0.114. The van der Waals surface area contributed by atoms with Crippen LogP contribution in [0.3, 0.4) is 0 Å². The molecule has 0 N–H and O–H groups in total. The van der Waals surface area contributed by atoms with Gasteiger partial charge in [-0.3, -0.25) is 4.79 Å². The van der Waals surface area contributed by atoms with Crippen LogP contribution < -0.4 is 4.74 Å². The number of ketones is 1. The normalized spacial score (nSPS) is 15.9. The fraction of sp³-hybridized carbons (Fsp3) is 0.364. The lowest BCUT2D eigenvalue weighted by molar-refractivity contribution is 0.0841. The minimum Gasteiger partial charge on any atom is -0.497 e. The number of ether oxygens (including phenoxy) is 1. The summed E-state index contributed by atoms with van der Waals surface area (Å²) in [5.41, 5.74) is 2.26. The zero-order valence-electron chi connectivity index (χ0n) is 15.6. The topological polar surface area (TPSA) is 42.4 Å². The van der Waals surface area contributed by atoms with Gasteiger partial charge in [-0.2, -0.15) is 0 Å². The number of nitrogens with zero attached hydrogens (tertiary/aromatic N) is 2. The SMILES string of the molecule is COc1ccc(CCN2CCC(C(=O)c3nc4ccccc4s3)CC2)cc1. The molecule has 0 aliphatic carbocycles. The van der Waals surface area contributed by atoms with Gasteiger partial charge in [0.15, 0.2) is 10.8 Å². The summed E-state index contributed by atoms with van der Waals surface area (Å²) in [6.45, 7) is 3.00. The number of benzene rings is 2. The molecule has 2 heterocycles. The van der Waals surface area contributed by atoms with Crippen LogP contribution in [0.1, 0.15) is 28.2 Å². The number of fused-ring (bicyclic) bond motifs is 1. The number of likely N-dealkylation sites (tertiary alicyclic amines) is 1. The molecule has 1 aromatic heterocycles. The zero-order chi connectivity index (χ0) is 18.6. The quantitative estimate of drug-likeness (QED) is 0.593. The Hall–Kier alpha value is -2.24. The number of piperidine rings is 1. The van der Waals surface area contributed by atoms with Gasteiger partial charge in [0.2, 0.25) is 0 Å². The van der Waals surface area contributed by atoms with E-state index in [0.717, 1.165) is 54.9 Å². The van der Waals surface area contributed by atoms with E-state index in [1.54, 1.807) is 7.11 Å². The van der Waals surface area contributed by atoms with Crippen molar-refractivity contribution in [2.24, 2.45) is 5.92 Å². The number of rotatable bonds is 6. The second kappa shape index (κ2) is 8.19. The van der Waals surface area contributed by atoms with E-state index < -0.39 is 0 Å². The van der Waals surface area contributed by atoms with E-state index >= 15 is 0 Å². The maximum absolute atomic E-state index is 12.8. The van der Waals surface area contributed by atoms with Crippen molar-refractivity contribution in [3.8, 4) is 5.75 Å². The molecule has 5 heteroatoms. The van der Waals surface area contributed by atoms with Gasteiger partial charge in [0.05, 0.1) is 17.3 Å². The van der Waals surface area contributed by atoms with Gasteiger partial charge in [-0.15, -0.1) is 11.3 Å². The summed E-state index contributed by atoms with van der Waals surface area (Å²) >= 11 is 1.53. The lowest BCUT2D eigenvalue weighted by Gasteiger charge is -2.30. The van der Waals surface area contributed by atoms with Crippen LogP contribution in [0.25, 0.3) is 10.2 Å². The summed E-state index contributed by atoms with van der Waals surface area (Å²) < 4.78 is 6.30. The molecule has 1 saturated heterocycles. The van der Waals surface area contributed by atoms with Crippen LogP contribution in [0.4, 0.5) is 0 Å². The summed E-state index contributed by atoms with van der Waals surface area (Å²) in [7, 11) is 1.69. The summed E-state index contributed by atoms with van der Waals surface area (Å²) in [5, 5.41) is 0.674. The summed E-state index contributed by atoms with van der Waals surface area (Å²) in [6, 6.07) is 16.3. The van der Waals surface area contributed by atoms with E-state index in [1.807, 2.05) is 36.4 Å². The van der Waals surface area contributed by atoms with E-state index in [0.29, 0.717) is 5.01 Å². The fourth-order valence-corrected chi connectivity index (χ4v) is 4.63. The first-order valence-corrected chi connectivity index (χ1v) is 10.3. The van der Waals surface area contributed by atoms with E-state index in [1.165, 1.54) is 16.9 Å².